The number of benzene rings is 2. The Kier molecular flexibility index (Phi) is 11.6. The van der Waals surface area contributed by atoms with E-state index in [9.17, 15) is 24.0 Å². The van der Waals surface area contributed by atoms with Crippen LogP contribution in [0.3, 0.4) is 0 Å². The third kappa shape index (κ3) is 8.76. The molecule has 2 saturated heterocycles. The molecule has 2 aliphatic heterocycles. The van der Waals surface area contributed by atoms with Crippen LogP contribution < -0.4 is 10.6 Å². The van der Waals surface area contributed by atoms with Crippen molar-refractivity contribution in [1.82, 2.24) is 30.1 Å². The number of methoxy groups -OCH3 is 1. The van der Waals surface area contributed by atoms with Gasteiger partial charge in [-0.25, -0.2) is 24.5 Å². The molecular formula is C39H43N7O7. The van der Waals surface area contributed by atoms with Crippen molar-refractivity contribution in [2.75, 3.05) is 25.5 Å². The van der Waals surface area contributed by atoms with Gasteiger partial charge in [-0.3, -0.25) is 19.3 Å². The van der Waals surface area contributed by atoms with E-state index in [1.54, 1.807) is 18.5 Å². The summed E-state index contributed by atoms with van der Waals surface area (Å²) in [6, 6.07) is 16.5. The van der Waals surface area contributed by atoms with Crippen LogP contribution in [0, 0.1) is 5.92 Å². The maximum Gasteiger partial charge on any atom is 0.410 e. The van der Waals surface area contributed by atoms with Crippen LogP contribution in [0.2, 0.25) is 0 Å². The highest BCUT2D eigenvalue weighted by Crippen LogP contribution is 2.26. The SMILES string of the molecule is COC(=O)N[C@H](C(=O)N1CCC[C@H]1C(=O)Nc1ccc2cc(-c3cnc(CC(=O)[C@@H]4CCCN4C(=O)OCc4ccccc4)nc3)ccc2n1)C(C)C. The summed E-state index contributed by atoms with van der Waals surface area (Å²) in [5.74, 6) is -0.293. The summed E-state index contributed by atoms with van der Waals surface area (Å²) in [5, 5.41) is 6.27. The predicted octanol–water partition coefficient (Wildman–Crippen LogP) is 4.91. The first-order valence-electron chi connectivity index (χ1n) is 17.8. The van der Waals surface area contributed by atoms with Crippen molar-refractivity contribution >= 4 is 46.5 Å². The topological polar surface area (TPSA) is 173 Å². The van der Waals surface area contributed by atoms with Crippen LogP contribution in [0.25, 0.3) is 22.0 Å². The molecule has 4 heterocycles. The number of hydrogen-bond donors (Lipinski definition) is 2. The molecular weight excluding hydrogens is 678 g/mol. The fourth-order valence-electron chi connectivity index (χ4n) is 6.76. The predicted molar refractivity (Wildman–Crippen MR) is 195 cm³/mol. The first-order valence-corrected chi connectivity index (χ1v) is 17.8. The van der Waals surface area contributed by atoms with E-state index in [0.29, 0.717) is 49.5 Å². The van der Waals surface area contributed by atoms with E-state index < -0.39 is 30.3 Å². The summed E-state index contributed by atoms with van der Waals surface area (Å²) < 4.78 is 10.2. The number of likely N-dealkylation sites (tertiary alicyclic amines) is 2. The molecule has 0 saturated carbocycles. The molecule has 3 atom stereocenters. The van der Waals surface area contributed by atoms with E-state index in [1.807, 2.05) is 68.4 Å². The number of nitrogens with zero attached hydrogens (tertiary/aromatic N) is 5. The molecule has 0 aliphatic carbocycles. The lowest BCUT2D eigenvalue weighted by Crippen LogP contribution is -2.54. The maximum atomic E-state index is 13.4. The number of fused-ring (bicyclic) bond motifs is 1. The first kappa shape index (κ1) is 36.9. The van der Waals surface area contributed by atoms with Crippen molar-refractivity contribution in [2.24, 2.45) is 5.92 Å². The van der Waals surface area contributed by atoms with Crippen molar-refractivity contribution in [3.05, 3.63) is 84.4 Å². The molecule has 0 unspecified atom stereocenters. The Bertz CT molecular complexity index is 1970. The van der Waals surface area contributed by atoms with Gasteiger partial charge in [-0.1, -0.05) is 50.2 Å². The normalized spacial score (nSPS) is 17.4. The minimum atomic E-state index is -0.821. The number of amides is 4. The molecule has 53 heavy (non-hydrogen) atoms. The zero-order valence-corrected chi connectivity index (χ0v) is 30.0. The molecule has 14 nitrogen and oxygen atoms in total. The van der Waals surface area contributed by atoms with Crippen LogP contribution in [0.4, 0.5) is 15.4 Å². The number of anilines is 1. The number of hydrogen-bond acceptors (Lipinski definition) is 10. The second-order valence-electron chi connectivity index (χ2n) is 13.6. The van der Waals surface area contributed by atoms with Gasteiger partial charge in [-0.15, -0.1) is 0 Å². The molecule has 4 aromatic rings. The lowest BCUT2D eigenvalue weighted by molar-refractivity contribution is -0.139. The molecule has 6 rings (SSSR count). The largest absolute Gasteiger partial charge is 0.453 e. The van der Waals surface area contributed by atoms with Gasteiger partial charge in [0, 0.05) is 36.4 Å². The number of carbonyl (C=O) groups is 5. The molecule has 0 spiro atoms. The van der Waals surface area contributed by atoms with Gasteiger partial charge in [0.15, 0.2) is 5.78 Å². The standard InChI is InChI=1S/C39H43N7O7/c1-24(2)35(44-38(50)52-3)37(49)45-17-8-12-31(45)36(48)43-33-16-14-27-19-26(13-15-29(27)42-33)28-21-40-34(41-22-28)20-32(47)30-11-7-18-46(30)39(51)53-23-25-9-5-4-6-10-25/h4-6,9-10,13-16,19,21-22,24,30-31,35H,7-8,11-12,17-18,20,23H2,1-3H3,(H,44,50)(H,42,43,48)/t30-,31-,35-/m0/s1. The number of nitrogens with one attached hydrogen (secondary N) is 2. The monoisotopic (exact) mass is 721 g/mol. The van der Waals surface area contributed by atoms with E-state index in [1.165, 1.54) is 16.9 Å². The minimum Gasteiger partial charge on any atom is -0.453 e. The van der Waals surface area contributed by atoms with Crippen LogP contribution in [0.15, 0.2) is 73.1 Å². The number of carbonyl (C=O) groups excluding carboxylic acids is 5. The third-order valence-electron chi connectivity index (χ3n) is 9.61. The summed E-state index contributed by atoms with van der Waals surface area (Å²) in [6.45, 7) is 4.65. The molecule has 14 heteroatoms. The smallest absolute Gasteiger partial charge is 0.410 e. The lowest BCUT2D eigenvalue weighted by atomic mass is 10.0. The number of pyridine rings is 1. The molecule has 2 aromatic heterocycles. The van der Waals surface area contributed by atoms with Crippen LogP contribution in [-0.2, 0) is 36.9 Å². The van der Waals surface area contributed by atoms with Gasteiger partial charge in [0.2, 0.25) is 11.8 Å². The third-order valence-corrected chi connectivity index (χ3v) is 9.61. The number of aromatic nitrogens is 3. The Morgan fingerprint density at radius 3 is 2.30 bits per heavy atom. The van der Waals surface area contributed by atoms with Gasteiger partial charge in [0.25, 0.3) is 0 Å². The molecule has 2 aliphatic rings. The van der Waals surface area contributed by atoms with Crippen LogP contribution in [-0.4, -0.2) is 92.9 Å². The lowest BCUT2D eigenvalue weighted by Gasteiger charge is -2.30. The number of rotatable bonds is 11. The Hall–Kier alpha value is -5.92. The highest BCUT2D eigenvalue weighted by molar-refractivity contribution is 5.99. The number of ketones is 1. The maximum absolute atomic E-state index is 13.4. The summed E-state index contributed by atoms with van der Waals surface area (Å²) in [4.78, 5) is 81.1. The zero-order valence-electron chi connectivity index (χ0n) is 30.0. The van der Waals surface area contributed by atoms with Crippen molar-refractivity contribution in [1.29, 1.82) is 0 Å². The summed E-state index contributed by atoms with van der Waals surface area (Å²) in [5.41, 5.74) is 3.13. The minimum absolute atomic E-state index is 0.000977. The van der Waals surface area contributed by atoms with Gasteiger partial charge < -0.3 is 25.0 Å². The number of Topliss-reactive ketones (excluding diaryl/α,β-unsaturated/α-hetero) is 1. The Morgan fingerprint density at radius 1 is 0.868 bits per heavy atom. The average Bonchev–Trinajstić information content (AvgIpc) is 3.87. The quantitative estimate of drug-likeness (QED) is 0.217. The van der Waals surface area contributed by atoms with E-state index in [0.717, 1.165) is 28.5 Å². The van der Waals surface area contributed by atoms with Gasteiger partial charge in [-0.05, 0) is 67.0 Å². The van der Waals surface area contributed by atoms with Crippen molar-refractivity contribution < 1.29 is 33.4 Å². The Balaban J connectivity index is 1.05. The van der Waals surface area contributed by atoms with E-state index in [-0.39, 0.29) is 36.5 Å². The van der Waals surface area contributed by atoms with Crippen LogP contribution >= 0.6 is 0 Å². The summed E-state index contributed by atoms with van der Waals surface area (Å²) in [7, 11) is 1.24. The molecule has 4 amide bonds. The van der Waals surface area contributed by atoms with Gasteiger partial charge in [0.1, 0.15) is 30.3 Å². The van der Waals surface area contributed by atoms with Crippen LogP contribution in [0.5, 0.6) is 0 Å². The zero-order chi connectivity index (χ0) is 37.5. The molecule has 0 radical (unpaired) electrons. The number of ether oxygens (including phenoxy) is 2. The fraction of sp³-hybridized carbons (Fsp3) is 0.385. The molecule has 2 N–H and O–H groups in total. The van der Waals surface area contributed by atoms with Crippen molar-refractivity contribution in [2.45, 2.75) is 70.7 Å². The molecule has 2 fully saturated rings. The van der Waals surface area contributed by atoms with Gasteiger partial charge in [0.05, 0.1) is 25.1 Å². The Labute approximate surface area is 307 Å². The van der Waals surface area contributed by atoms with Crippen molar-refractivity contribution in [3.63, 3.8) is 0 Å². The fourth-order valence-corrected chi connectivity index (χ4v) is 6.76. The van der Waals surface area contributed by atoms with E-state index >= 15 is 0 Å². The molecule has 2 aromatic carbocycles. The second-order valence-corrected chi connectivity index (χ2v) is 13.6. The van der Waals surface area contributed by atoms with Crippen molar-refractivity contribution in [3.8, 4) is 11.1 Å². The second kappa shape index (κ2) is 16.6. The molecule has 0 bridgehead atoms. The summed E-state index contributed by atoms with van der Waals surface area (Å²) >= 11 is 0. The highest BCUT2D eigenvalue weighted by atomic mass is 16.6. The summed E-state index contributed by atoms with van der Waals surface area (Å²) in [6.07, 6.45) is 4.57. The Morgan fingerprint density at radius 2 is 1.58 bits per heavy atom. The molecule has 276 valence electrons. The van der Waals surface area contributed by atoms with Gasteiger partial charge >= 0.3 is 12.2 Å². The number of alkyl carbamates (subject to hydrolysis) is 1. The average molecular weight is 722 g/mol. The van der Waals surface area contributed by atoms with E-state index in [2.05, 4.69) is 30.3 Å². The van der Waals surface area contributed by atoms with Crippen LogP contribution in [0.1, 0.15) is 50.9 Å². The van der Waals surface area contributed by atoms with E-state index in [4.69, 9.17) is 4.74 Å². The highest BCUT2D eigenvalue weighted by Gasteiger charge is 2.39. The van der Waals surface area contributed by atoms with Gasteiger partial charge in [-0.2, -0.15) is 0 Å². The first-order chi connectivity index (χ1) is 25.6.